The second-order valence-electron chi connectivity index (χ2n) is 4.51. The number of ether oxygens (including phenoxy) is 1. The maximum atomic E-state index is 6.06. The van der Waals surface area contributed by atoms with Crippen LogP contribution in [0, 0.1) is 0 Å². The van der Waals surface area contributed by atoms with Crippen LogP contribution in [0.1, 0.15) is 0 Å². The monoisotopic (exact) mass is 261 g/mol. The molecule has 0 N–H and O–H groups in total. The molecule has 2 heterocycles. The standard InChI is InChI=1S/C17H11NO2/c1-2-6-12(7-3-1)20-16-13-8-4-5-9-15(13)18-17-14(16)10-11-19-17/h1-11H. The SMILES string of the molecule is c1ccc(Oc2c3ccccc3nc3occc23)cc1. The van der Waals surface area contributed by atoms with Gasteiger partial charge in [0, 0.05) is 5.39 Å². The lowest BCUT2D eigenvalue weighted by molar-refractivity contribution is 0.493. The molecule has 0 aliphatic carbocycles. The fourth-order valence-corrected chi connectivity index (χ4v) is 2.29. The lowest BCUT2D eigenvalue weighted by Gasteiger charge is -2.09. The molecule has 20 heavy (non-hydrogen) atoms. The van der Waals surface area contributed by atoms with E-state index < -0.39 is 0 Å². The van der Waals surface area contributed by atoms with E-state index in [0.29, 0.717) is 5.71 Å². The van der Waals surface area contributed by atoms with Gasteiger partial charge in [-0.05, 0) is 30.3 Å². The highest BCUT2D eigenvalue weighted by atomic mass is 16.5. The van der Waals surface area contributed by atoms with Gasteiger partial charge in [0.15, 0.2) is 0 Å². The zero-order valence-corrected chi connectivity index (χ0v) is 10.6. The predicted octanol–water partition coefficient (Wildman–Crippen LogP) is 4.77. The molecule has 0 spiro atoms. The summed E-state index contributed by atoms with van der Waals surface area (Å²) < 4.78 is 11.5. The van der Waals surface area contributed by atoms with E-state index in [9.17, 15) is 0 Å². The normalized spacial score (nSPS) is 11.0. The fraction of sp³-hybridized carbons (Fsp3) is 0. The lowest BCUT2D eigenvalue weighted by Crippen LogP contribution is -1.89. The summed E-state index contributed by atoms with van der Waals surface area (Å²) in [5, 5.41) is 1.86. The van der Waals surface area contributed by atoms with E-state index in [1.165, 1.54) is 0 Å². The minimum absolute atomic E-state index is 0.592. The second-order valence-corrected chi connectivity index (χ2v) is 4.51. The van der Waals surface area contributed by atoms with Gasteiger partial charge in [0.2, 0.25) is 5.71 Å². The lowest BCUT2D eigenvalue weighted by atomic mass is 10.1. The number of benzene rings is 2. The molecular weight excluding hydrogens is 250 g/mol. The number of furan rings is 1. The van der Waals surface area contributed by atoms with Crippen LogP contribution in [0.5, 0.6) is 11.5 Å². The molecule has 0 saturated heterocycles. The number of aromatic nitrogens is 1. The topological polar surface area (TPSA) is 35.3 Å². The summed E-state index contributed by atoms with van der Waals surface area (Å²) in [4.78, 5) is 4.49. The first-order chi connectivity index (χ1) is 9.92. The van der Waals surface area contributed by atoms with E-state index in [0.717, 1.165) is 27.8 Å². The van der Waals surface area contributed by atoms with Crippen molar-refractivity contribution in [3.05, 3.63) is 66.9 Å². The zero-order valence-electron chi connectivity index (χ0n) is 10.6. The van der Waals surface area contributed by atoms with Crippen molar-refractivity contribution in [1.29, 1.82) is 0 Å². The minimum atomic E-state index is 0.592. The first-order valence-electron chi connectivity index (χ1n) is 6.41. The van der Waals surface area contributed by atoms with E-state index >= 15 is 0 Å². The van der Waals surface area contributed by atoms with Gasteiger partial charge in [-0.1, -0.05) is 30.3 Å². The number of para-hydroxylation sites is 2. The molecule has 0 aliphatic heterocycles. The first kappa shape index (κ1) is 11.1. The average Bonchev–Trinajstić information content (AvgIpc) is 2.96. The Labute approximate surface area is 115 Å². The van der Waals surface area contributed by atoms with Crippen molar-refractivity contribution in [1.82, 2.24) is 4.98 Å². The highest BCUT2D eigenvalue weighted by Crippen LogP contribution is 2.36. The third-order valence-corrected chi connectivity index (χ3v) is 3.22. The summed E-state index contributed by atoms with van der Waals surface area (Å²) in [5.41, 5.74) is 1.45. The van der Waals surface area contributed by atoms with E-state index in [2.05, 4.69) is 4.98 Å². The highest BCUT2D eigenvalue weighted by Gasteiger charge is 2.12. The molecule has 3 heteroatoms. The molecule has 96 valence electrons. The van der Waals surface area contributed by atoms with Crippen molar-refractivity contribution in [2.75, 3.05) is 0 Å². The summed E-state index contributed by atoms with van der Waals surface area (Å²) in [6.07, 6.45) is 1.63. The Morgan fingerprint density at radius 3 is 2.50 bits per heavy atom. The molecule has 4 rings (SSSR count). The summed E-state index contributed by atoms with van der Waals surface area (Å²) in [6, 6.07) is 19.5. The van der Waals surface area contributed by atoms with E-state index in [1.807, 2.05) is 60.7 Å². The predicted molar refractivity (Wildman–Crippen MR) is 78.0 cm³/mol. The second kappa shape index (κ2) is 4.38. The Morgan fingerprint density at radius 2 is 1.60 bits per heavy atom. The fourth-order valence-electron chi connectivity index (χ4n) is 2.29. The molecule has 0 aliphatic rings. The van der Waals surface area contributed by atoms with Crippen molar-refractivity contribution in [2.45, 2.75) is 0 Å². The Kier molecular flexibility index (Phi) is 2.42. The Bertz CT molecular complexity index is 881. The molecule has 0 amide bonds. The van der Waals surface area contributed by atoms with Gasteiger partial charge in [-0.25, -0.2) is 4.98 Å². The van der Waals surface area contributed by atoms with Crippen LogP contribution in [-0.2, 0) is 0 Å². The molecule has 0 unspecified atom stereocenters. The third kappa shape index (κ3) is 1.72. The number of hydrogen-bond acceptors (Lipinski definition) is 3. The Morgan fingerprint density at radius 1 is 0.800 bits per heavy atom. The van der Waals surface area contributed by atoms with Crippen LogP contribution in [0.3, 0.4) is 0 Å². The van der Waals surface area contributed by atoms with E-state index in [1.54, 1.807) is 6.26 Å². The minimum Gasteiger partial charge on any atom is -0.456 e. The largest absolute Gasteiger partial charge is 0.456 e. The summed E-state index contributed by atoms with van der Waals surface area (Å²) in [6.45, 7) is 0. The molecule has 0 fully saturated rings. The van der Waals surface area contributed by atoms with E-state index in [4.69, 9.17) is 9.15 Å². The average molecular weight is 261 g/mol. The van der Waals surface area contributed by atoms with Gasteiger partial charge in [-0.3, -0.25) is 0 Å². The van der Waals surface area contributed by atoms with Crippen molar-refractivity contribution in [3.63, 3.8) is 0 Å². The third-order valence-electron chi connectivity index (χ3n) is 3.22. The summed E-state index contributed by atoms with van der Waals surface area (Å²) in [7, 11) is 0. The van der Waals surface area contributed by atoms with Crippen LogP contribution in [0.25, 0.3) is 22.0 Å². The molecule has 4 aromatic rings. The number of nitrogens with zero attached hydrogens (tertiary/aromatic N) is 1. The van der Waals surface area contributed by atoms with Gasteiger partial charge in [-0.15, -0.1) is 0 Å². The van der Waals surface area contributed by atoms with Crippen LogP contribution in [-0.4, -0.2) is 4.98 Å². The van der Waals surface area contributed by atoms with Crippen LogP contribution in [0.2, 0.25) is 0 Å². The number of hydrogen-bond donors (Lipinski definition) is 0. The number of rotatable bonds is 2. The van der Waals surface area contributed by atoms with Crippen molar-refractivity contribution >= 4 is 22.0 Å². The molecule has 3 nitrogen and oxygen atoms in total. The molecule has 0 saturated carbocycles. The highest BCUT2D eigenvalue weighted by molar-refractivity contribution is 5.99. The van der Waals surface area contributed by atoms with Gasteiger partial charge < -0.3 is 9.15 Å². The van der Waals surface area contributed by atoms with Gasteiger partial charge in [0.05, 0.1) is 17.2 Å². The Hall–Kier alpha value is -2.81. The van der Waals surface area contributed by atoms with Crippen molar-refractivity contribution in [2.24, 2.45) is 0 Å². The first-order valence-corrected chi connectivity index (χ1v) is 6.41. The number of pyridine rings is 1. The molecule has 0 bridgehead atoms. The van der Waals surface area contributed by atoms with Crippen LogP contribution >= 0.6 is 0 Å². The Balaban J connectivity index is 2.00. The molecule has 0 radical (unpaired) electrons. The van der Waals surface area contributed by atoms with Gasteiger partial charge in [0.1, 0.15) is 11.5 Å². The van der Waals surface area contributed by atoms with Crippen molar-refractivity contribution in [3.8, 4) is 11.5 Å². The van der Waals surface area contributed by atoms with Crippen LogP contribution < -0.4 is 4.74 Å². The van der Waals surface area contributed by atoms with E-state index in [-0.39, 0.29) is 0 Å². The maximum absolute atomic E-state index is 6.06. The van der Waals surface area contributed by atoms with Gasteiger partial charge >= 0.3 is 0 Å². The maximum Gasteiger partial charge on any atom is 0.230 e. The van der Waals surface area contributed by atoms with Crippen molar-refractivity contribution < 1.29 is 9.15 Å². The van der Waals surface area contributed by atoms with Crippen LogP contribution in [0.4, 0.5) is 0 Å². The van der Waals surface area contributed by atoms with Gasteiger partial charge in [-0.2, -0.15) is 0 Å². The zero-order chi connectivity index (χ0) is 13.4. The summed E-state index contributed by atoms with van der Waals surface area (Å²) >= 11 is 0. The molecule has 2 aromatic carbocycles. The molecular formula is C17H11NO2. The summed E-state index contributed by atoms with van der Waals surface area (Å²) in [5.74, 6) is 1.58. The number of fused-ring (bicyclic) bond motifs is 2. The van der Waals surface area contributed by atoms with Gasteiger partial charge in [0.25, 0.3) is 0 Å². The van der Waals surface area contributed by atoms with Crippen LogP contribution in [0.15, 0.2) is 71.3 Å². The molecule has 2 aromatic heterocycles. The molecule has 0 atom stereocenters. The quantitative estimate of drug-likeness (QED) is 0.521. The smallest absolute Gasteiger partial charge is 0.230 e.